The minimum atomic E-state index is -0.488. The lowest BCUT2D eigenvalue weighted by atomic mass is 10.3. The summed E-state index contributed by atoms with van der Waals surface area (Å²) in [7, 11) is 0. The standard InChI is InChI=1S/C11H14N4O3/c16-11(8-1-2-8)14-6-5-13-9-3-4-12-7-10(9)15(17)18/h3-4,7-8H,1-2,5-6H2,(H,12,13)(H,14,16). The Morgan fingerprint density at radius 3 is 2.94 bits per heavy atom. The van der Waals surface area contributed by atoms with Gasteiger partial charge in [-0.25, -0.2) is 0 Å². The molecule has 18 heavy (non-hydrogen) atoms. The largest absolute Gasteiger partial charge is 0.378 e. The Morgan fingerprint density at radius 1 is 1.50 bits per heavy atom. The third kappa shape index (κ3) is 3.16. The predicted octanol–water partition coefficient (Wildman–Crippen LogP) is 0.928. The van der Waals surface area contributed by atoms with Gasteiger partial charge in [-0.2, -0.15) is 0 Å². The second kappa shape index (κ2) is 5.44. The summed E-state index contributed by atoms with van der Waals surface area (Å²) >= 11 is 0. The Hall–Kier alpha value is -2.18. The average Bonchev–Trinajstić information content (AvgIpc) is 3.19. The molecule has 1 aliphatic rings. The Kier molecular flexibility index (Phi) is 3.71. The van der Waals surface area contributed by atoms with Crippen molar-refractivity contribution in [2.75, 3.05) is 18.4 Å². The van der Waals surface area contributed by atoms with Gasteiger partial charge in [-0.15, -0.1) is 0 Å². The number of pyridine rings is 1. The molecule has 2 N–H and O–H groups in total. The molecular formula is C11H14N4O3. The van der Waals surface area contributed by atoms with Crippen LogP contribution in [-0.4, -0.2) is 28.9 Å². The van der Waals surface area contributed by atoms with E-state index in [9.17, 15) is 14.9 Å². The van der Waals surface area contributed by atoms with Crippen molar-refractivity contribution in [1.82, 2.24) is 10.3 Å². The molecule has 1 aliphatic carbocycles. The number of carbonyl (C=O) groups is 1. The van der Waals surface area contributed by atoms with Crippen molar-refractivity contribution in [2.45, 2.75) is 12.8 Å². The fourth-order valence-electron chi connectivity index (χ4n) is 1.55. The number of anilines is 1. The van der Waals surface area contributed by atoms with Gasteiger partial charge >= 0.3 is 5.69 Å². The molecule has 0 aromatic carbocycles. The molecule has 0 unspecified atom stereocenters. The molecule has 7 nitrogen and oxygen atoms in total. The molecule has 2 rings (SSSR count). The third-order valence-electron chi connectivity index (χ3n) is 2.68. The molecule has 1 heterocycles. The Morgan fingerprint density at radius 2 is 2.28 bits per heavy atom. The summed E-state index contributed by atoms with van der Waals surface area (Å²) in [6, 6.07) is 1.54. The van der Waals surface area contributed by atoms with Crippen LogP contribution < -0.4 is 10.6 Å². The van der Waals surface area contributed by atoms with Crippen LogP contribution in [0.3, 0.4) is 0 Å². The van der Waals surface area contributed by atoms with Crippen LogP contribution in [0.15, 0.2) is 18.5 Å². The molecule has 1 fully saturated rings. The molecule has 7 heteroatoms. The van der Waals surface area contributed by atoms with E-state index in [0.29, 0.717) is 18.8 Å². The number of nitrogens with one attached hydrogen (secondary N) is 2. The highest BCUT2D eigenvalue weighted by Crippen LogP contribution is 2.28. The number of nitrogens with zero attached hydrogens (tertiary/aromatic N) is 2. The monoisotopic (exact) mass is 250 g/mol. The molecule has 0 bridgehead atoms. The van der Waals surface area contributed by atoms with Crippen molar-refractivity contribution in [3.8, 4) is 0 Å². The predicted molar refractivity (Wildman–Crippen MR) is 65.1 cm³/mol. The summed E-state index contributed by atoms with van der Waals surface area (Å²) in [4.78, 5) is 25.3. The molecule has 96 valence electrons. The van der Waals surface area contributed by atoms with E-state index in [1.54, 1.807) is 6.07 Å². The summed E-state index contributed by atoms with van der Waals surface area (Å²) in [5.41, 5.74) is 0.349. The van der Waals surface area contributed by atoms with Crippen LogP contribution in [0.1, 0.15) is 12.8 Å². The maximum absolute atomic E-state index is 11.3. The lowest BCUT2D eigenvalue weighted by Gasteiger charge is -2.07. The van der Waals surface area contributed by atoms with E-state index < -0.39 is 4.92 Å². The summed E-state index contributed by atoms with van der Waals surface area (Å²) in [6.45, 7) is 0.901. The maximum atomic E-state index is 11.3. The van der Waals surface area contributed by atoms with Gasteiger partial charge < -0.3 is 10.6 Å². The van der Waals surface area contributed by atoms with Crippen LogP contribution in [0.4, 0.5) is 11.4 Å². The minimum absolute atomic E-state index is 0.0639. The summed E-state index contributed by atoms with van der Waals surface area (Å²) < 4.78 is 0. The summed E-state index contributed by atoms with van der Waals surface area (Å²) in [6.07, 6.45) is 4.62. The number of hydrogen-bond donors (Lipinski definition) is 2. The number of aromatic nitrogens is 1. The molecule has 1 aromatic heterocycles. The van der Waals surface area contributed by atoms with E-state index in [4.69, 9.17) is 0 Å². The highest BCUT2D eigenvalue weighted by molar-refractivity contribution is 5.80. The Bertz CT molecular complexity index is 459. The maximum Gasteiger partial charge on any atom is 0.310 e. The molecule has 0 aliphatic heterocycles. The van der Waals surface area contributed by atoms with Gasteiger partial charge in [0, 0.05) is 25.2 Å². The molecular weight excluding hydrogens is 236 g/mol. The molecule has 1 aromatic rings. The zero-order chi connectivity index (χ0) is 13.0. The highest BCUT2D eigenvalue weighted by Gasteiger charge is 2.28. The average molecular weight is 250 g/mol. The van der Waals surface area contributed by atoms with Gasteiger partial charge in [0.05, 0.1) is 4.92 Å². The first-order valence-electron chi connectivity index (χ1n) is 5.78. The van der Waals surface area contributed by atoms with E-state index in [-0.39, 0.29) is 17.5 Å². The fourth-order valence-corrected chi connectivity index (χ4v) is 1.55. The number of amides is 1. The van der Waals surface area contributed by atoms with Crippen molar-refractivity contribution >= 4 is 17.3 Å². The Labute approximate surface area is 104 Å². The molecule has 0 spiro atoms. The molecule has 0 atom stereocenters. The van der Waals surface area contributed by atoms with Gasteiger partial charge in [-0.3, -0.25) is 19.9 Å². The van der Waals surface area contributed by atoms with Crippen LogP contribution in [0.25, 0.3) is 0 Å². The topological polar surface area (TPSA) is 97.2 Å². The highest BCUT2D eigenvalue weighted by atomic mass is 16.6. The minimum Gasteiger partial charge on any atom is -0.378 e. The van der Waals surface area contributed by atoms with Gasteiger partial charge in [0.15, 0.2) is 0 Å². The normalized spacial score (nSPS) is 14.0. The van der Waals surface area contributed by atoms with Crippen LogP contribution in [0, 0.1) is 16.0 Å². The van der Waals surface area contributed by atoms with Gasteiger partial charge in [0.25, 0.3) is 0 Å². The first kappa shape index (κ1) is 12.3. The SMILES string of the molecule is O=C(NCCNc1ccncc1[N+](=O)[O-])C1CC1. The van der Waals surface area contributed by atoms with Crippen LogP contribution >= 0.6 is 0 Å². The van der Waals surface area contributed by atoms with E-state index in [1.165, 1.54) is 12.4 Å². The number of nitro groups is 1. The van der Waals surface area contributed by atoms with Crippen LogP contribution in [-0.2, 0) is 4.79 Å². The van der Waals surface area contributed by atoms with E-state index in [0.717, 1.165) is 12.8 Å². The second-order valence-electron chi connectivity index (χ2n) is 4.14. The molecule has 1 saturated carbocycles. The first-order chi connectivity index (χ1) is 8.68. The van der Waals surface area contributed by atoms with Crippen molar-refractivity contribution in [3.63, 3.8) is 0 Å². The second-order valence-corrected chi connectivity index (χ2v) is 4.14. The van der Waals surface area contributed by atoms with E-state index in [2.05, 4.69) is 15.6 Å². The molecule has 1 amide bonds. The van der Waals surface area contributed by atoms with Gasteiger partial charge in [0.2, 0.25) is 5.91 Å². The van der Waals surface area contributed by atoms with Crippen molar-refractivity contribution in [1.29, 1.82) is 0 Å². The Balaban J connectivity index is 1.79. The lowest BCUT2D eigenvalue weighted by Crippen LogP contribution is -2.29. The van der Waals surface area contributed by atoms with Gasteiger partial charge in [-0.1, -0.05) is 0 Å². The zero-order valence-corrected chi connectivity index (χ0v) is 9.76. The molecule has 0 radical (unpaired) electrons. The van der Waals surface area contributed by atoms with Crippen molar-refractivity contribution in [3.05, 3.63) is 28.6 Å². The smallest absolute Gasteiger partial charge is 0.310 e. The lowest BCUT2D eigenvalue weighted by molar-refractivity contribution is -0.384. The third-order valence-corrected chi connectivity index (χ3v) is 2.68. The van der Waals surface area contributed by atoms with Crippen LogP contribution in [0.2, 0.25) is 0 Å². The van der Waals surface area contributed by atoms with Crippen molar-refractivity contribution < 1.29 is 9.72 Å². The van der Waals surface area contributed by atoms with Gasteiger partial charge in [0.1, 0.15) is 11.9 Å². The van der Waals surface area contributed by atoms with Crippen molar-refractivity contribution in [2.24, 2.45) is 5.92 Å². The molecule has 0 saturated heterocycles. The number of hydrogen-bond acceptors (Lipinski definition) is 5. The zero-order valence-electron chi connectivity index (χ0n) is 9.76. The summed E-state index contributed by atoms with van der Waals surface area (Å²) in [5, 5.41) is 16.4. The van der Waals surface area contributed by atoms with Gasteiger partial charge in [-0.05, 0) is 18.9 Å². The fraction of sp³-hybridized carbons (Fsp3) is 0.455. The first-order valence-corrected chi connectivity index (χ1v) is 5.78. The van der Waals surface area contributed by atoms with E-state index in [1.807, 2.05) is 0 Å². The van der Waals surface area contributed by atoms with Crippen LogP contribution in [0.5, 0.6) is 0 Å². The number of rotatable bonds is 6. The number of carbonyl (C=O) groups excluding carboxylic acids is 1. The summed E-state index contributed by atoms with van der Waals surface area (Å²) in [5.74, 6) is 0.251. The quantitative estimate of drug-likeness (QED) is 0.444. The van der Waals surface area contributed by atoms with E-state index >= 15 is 0 Å².